The van der Waals surface area contributed by atoms with Gasteiger partial charge in [0.1, 0.15) is 17.3 Å². The Morgan fingerprint density at radius 1 is 1.24 bits per heavy atom. The zero-order chi connectivity index (χ0) is 12.6. The first-order chi connectivity index (χ1) is 7.97. The number of halogens is 2. The van der Waals surface area contributed by atoms with Crippen LogP contribution < -0.4 is 0 Å². The minimum absolute atomic E-state index is 0.0512. The quantitative estimate of drug-likeness (QED) is 0.871. The number of carbonyl (C=O) groups is 1. The van der Waals surface area contributed by atoms with Gasteiger partial charge in [-0.15, -0.1) is 0 Å². The molecule has 6 heteroatoms. The molecule has 0 saturated carbocycles. The number of carboxylic acid groups (broad SMARTS) is 1. The summed E-state index contributed by atoms with van der Waals surface area (Å²) >= 11 is 0. The van der Waals surface area contributed by atoms with Crippen molar-refractivity contribution in [3.8, 4) is 11.3 Å². The number of hydrogen-bond acceptors (Lipinski definition) is 2. The van der Waals surface area contributed by atoms with Crippen molar-refractivity contribution in [2.24, 2.45) is 7.05 Å². The number of rotatable bonds is 2. The summed E-state index contributed by atoms with van der Waals surface area (Å²) in [7, 11) is 1.45. The van der Waals surface area contributed by atoms with Crippen molar-refractivity contribution in [2.75, 3.05) is 0 Å². The fraction of sp³-hybridized carbons (Fsp3) is 0.0909. The van der Waals surface area contributed by atoms with E-state index in [1.54, 1.807) is 0 Å². The van der Waals surface area contributed by atoms with Crippen LogP contribution >= 0.6 is 0 Å². The first-order valence-corrected chi connectivity index (χ1v) is 4.71. The first-order valence-electron chi connectivity index (χ1n) is 4.71. The van der Waals surface area contributed by atoms with Gasteiger partial charge in [0.2, 0.25) is 0 Å². The van der Waals surface area contributed by atoms with E-state index in [-0.39, 0.29) is 17.0 Å². The lowest BCUT2D eigenvalue weighted by Gasteiger charge is -1.97. The third-order valence-electron chi connectivity index (χ3n) is 2.26. The van der Waals surface area contributed by atoms with Crippen LogP contribution in [0, 0.1) is 11.6 Å². The Bertz CT molecular complexity index is 573. The lowest BCUT2D eigenvalue weighted by atomic mass is 10.1. The highest BCUT2D eigenvalue weighted by Gasteiger charge is 2.13. The van der Waals surface area contributed by atoms with E-state index in [0.717, 1.165) is 22.9 Å². The van der Waals surface area contributed by atoms with Gasteiger partial charge in [-0.2, -0.15) is 5.10 Å². The Labute approximate surface area is 95.1 Å². The predicted octanol–water partition coefficient (Wildman–Crippen LogP) is 2.06. The summed E-state index contributed by atoms with van der Waals surface area (Å²) < 4.78 is 27.1. The van der Waals surface area contributed by atoms with Crippen LogP contribution in [-0.4, -0.2) is 20.9 Å². The maximum atomic E-state index is 13.0. The standard InChI is InChI=1S/C11H8F2N2O2/c1-15-10(11(16)17)5-9(14-15)6-2-7(12)4-8(13)3-6/h2-5H,1H3,(H,16,17). The Hall–Kier alpha value is -2.24. The molecule has 88 valence electrons. The topological polar surface area (TPSA) is 55.1 Å². The summed E-state index contributed by atoms with van der Waals surface area (Å²) in [5.74, 6) is -2.62. The monoisotopic (exact) mass is 238 g/mol. The molecule has 1 aromatic heterocycles. The van der Waals surface area contributed by atoms with Crippen molar-refractivity contribution in [1.29, 1.82) is 0 Å². The average Bonchev–Trinajstić information content (AvgIpc) is 2.59. The van der Waals surface area contributed by atoms with Crippen molar-refractivity contribution >= 4 is 5.97 Å². The molecule has 0 atom stereocenters. The molecule has 0 radical (unpaired) electrons. The molecule has 0 bridgehead atoms. The van der Waals surface area contributed by atoms with Gasteiger partial charge in [-0.3, -0.25) is 4.68 Å². The smallest absolute Gasteiger partial charge is 0.354 e. The molecule has 1 aromatic carbocycles. The van der Waals surface area contributed by atoms with Crippen molar-refractivity contribution in [3.05, 3.63) is 41.6 Å². The van der Waals surface area contributed by atoms with E-state index in [4.69, 9.17) is 5.11 Å². The normalized spacial score (nSPS) is 10.5. The van der Waals surface area contributed by atoms with E-state index >= 15 is 0 Å². The van der Waals surface area contributed by atoms with Crippen molar-refractivity contribution < 1.29 is 18.7 Å². The second-order valence-corrected chi connectivity index (χ2v) is 3.50. The highest BCUT2D eigenvalue weighted by atomic mass is 19.1. The zero-order valence-corrected chi connectivity index (χ0v) is 8.82. The zero-order valence-electron chi connectivity index (χ0n) is 8.82. The lowest BCUT2D eigenvalue weighted by molar-refractivity contribution is 0.0685. The molecule has 4 nitrogen and oxygen atoms in total. The first kappa shape index (κ1) is 11.3. The summed E-state index contributed by atoms with van der Waals surface area (Å²) in [4.78, 5) is 10.8. The highest BCUT2D eigenvalue weighted by Crippen LogP contribution is 2.21. The number of aromatic carboxylic acids is 1. The molecule has 0 amide bonds. The third-order valence-corrected chi connectivity index (χ3v) is 2.26. The minimum Gasteiger partial charge on any atom is -0.477 e. The molecular formula is C11H8F2N2O2. The molecule has 17 heavy (non-hydrogen) atoms. The summed E-state index contributed by atoms with van der Waals surface area (Å²) in [6.45, 7) is 0. The third kappa shape index (κ3) is 2.15. The van der Waals surface area contributed by atoms with Gasteiger partial charge >= 0.3 is 5.97 Å². The number of hydrogen-bond donors (Lipinski definition) is 1. The fourth-order valence-corrected chi connectivity index (χ4v) is 1.51. The Morgan fingerprint density at radius 3 is 2.29 bits per heavy atom. The highest BCUT2D eigenvalue weighted by molar-refractivity contribution is 5.87. The van der Waals surface area contributed by atoms with Crippen molar-refractivity contribution in [3.63, 3.8) is 0 Å². The van der Waals surface area contributed by atoms with Crippen LogP contribution in [0.25, 0.3) is 11.3 Å². The molecule has 1 N–H and O–H groups in total. The molecule has 2 aromatic rings. The van der Waals surface area contributed by atoms with Gasteiger partial charge in [-0.25, -0.2) is 13.6 Å². The van der Waals surface area contributed by atoms with Crippen LogP contribution in [0.4, 0.5) is 8.78 Å². The van der Waals surface area contributed by atoms with Gasteiger partial charge in [-0.1, -0.05) is 0 Å². The Kier molecular flexibility index (Phi) is 2.63. The summed E-state index contributed by atoms with van der Waals surface area (Å²) in [5, 5.41) is 12.7. The Morgan fingerprint density at radius 2 is 1.82 bits per heavy atom. The van der Waals surface area contributed by atoms with Gasteiger partial charge in [0.25, 0.3) is 0 Å². The largest absolute Gasteiger partial charge is 0.477 e. The number of nitrogens with zero attached hydrogens (tertiary/aromatic N) is 2. The summed E-state index contributed by atoms with van der Waals surface area (Å²) in [5.41, 5.74) is 0.360. The van der Waals surface area contributed by atoms with E-state index in [2.05, 4.69) is 5.10 Å². The molecule has 0 unspecified atom stereocenters. The maximum Gasteiger partial charge on any atom is 0.354 e. The molecule has 1 heterocycles. The summed E-state index contributed by atoms with van der Waals surface area (Å²) in [6.07, 6.45) is 0. The van der Waals surface area contributed by atoms with Gasteiger partial charge in [0, 0.05) is 18.7 Å². The maximum absolute atomic E-state index is 13.0. The van der Waals surface area contributed by atoms with Crippen molar-refractivity contribution in [1.82, 2.24) is 9.78 Å². The number of aryl methyl sites for hydroxylation is 1. The van der Waals surface area contributed by atoms with Gasteiger partial charge < -0.3 is 5.11 Å². The van der Waals surface area contributed by atoms with Gasteiger partial charge in [0.05, 0.1) is 5.69 Å². The minimum atomic E-state index is -1.15. The second kappa shape index (κ2) is 3.97. The van der Waals surface area contributed by atoms with Crippen LogP contribution in [0.15, 0.2) is 24.3 Å². The molecule has 0 saturated heterocycles. The average molecular weight is 238 g/mol. The molecular weight excluding hydrogens is 230 g/mol. The lowest BCUT2D eigenvalue weighted by Crippen LogP contribution is -2.04. The molecule has 0 fully saturated rings. The van der Waals surface area contributed by atoms with E-state index in [0.29, 0.717) is 0 Å². The van der Waals surface area contributed by atoms with Crippen LogP contribution in [0.3, 0.4) is 0 Å². The molecule has 2 rings (SSSR count). The molecule has 0 aliphatic rings. The van der Waals surface area contributed by atoms with Crippen LogP contribution in [0.5, 0.6) is 0 Å². The van der Waals surface area contributed by atoms with E-state index in [9.17, 15) is 13.6 Å². The molecule has 0 aliphatic heterocycles. The predicted molar refractivity (Wildman–Crippen MR) is 55.5 cm³/mol. The number of aromatic nitrogens is 2. The number of benzene rings is 1. The van der Waals surface area contributed by atoms with Gasteiger partial charge in [-0.05, 0) is 18.2 Å². The number of carboxylic acids is 1. The molecule has 0 aliphatic carbocycles. The van der Waals surface area contributed by atoms with Crippen LogP contribution in [-0.2, 0) is 7.05 Å². The van der Waals surface area contributed by atoms with Crippen LogP contribution in [0.1, 0.15) is 10.5 Å². The van der Waals surface area contributed by atoms with E-state index < -0.39 is 17.6 Å². The fourth-order valence-electron chi connectivity index (χ4n) is 1.51. The Balaban J connectivity index is 2.53. The van der Waals surface area contributed by atoms with Gasteiger partial charge in [0.15, 0.2) is 0 Å². The molecule has 0 spiro atoms. The second-order valence-electron chi connectivity index (χ2n) is 3.50. The van der Waals surface area contributed by atoms with E-state index in [1.165, 1.54) is 13.1 Å². The van der Waals surface area contributed by atoms with Crippen molar-refractivity contribution in [2.45, 2.75) is 0 Å². The SMILES string of the molecule is Cn1nc(-c2cc(F)cc(F)c2)cc1C(=O)O. The summed E-state index contributed by atoms with van der Waals surface area (Å²) in [6, 6.07) is 4.19. The van der Waals surface area contributed by atoms with E-state index in [1.807, 2.05) is 0 Å². The van der Waals surface area contributed by atoms with Crippen LogP contribution in [0.2, 0.25) is 0 Å².